The Hall–Kier alpha value is -1.35. The van der Waals surface area contributed by atoms with Crippen LogP contribution in [0.25, 0.3) is 0 Å². The number of carbonyl (C=O) groups excluding carboxylic acids is 1. The molecule has 0 unspecified atom stereocenters. The summed E-state index contributed by atoms with van der Waals surface area (Å²) in [5.74, 6) is 0.348. The molecule has 0 saturated carbocycles. The van der Waals surface area contributed by atoms with Crippen LogP contribution in [0.5, 0.6) is 0 Å². The third kappa shape index (κ3) is 2.73. The molecule has 2 heterocycles. The molecule has 0 bridgehead atoms. The molecule has 1 fully saturated rings. The van der Waals surface area contributed by atoms with E-state index in [1.54, 1.807) is 0 Å². The first-order valence-corrected chi connectivity index (χ1v) is 7.86. The lowest BCUT2D eigenvalue weighted by Gasteiger charge is -2.47. The Bertz CT molecular complexity index is 480. The predicted octanol–water partition coefficient (Wildman–Crippen LogP) is 2.45. The molecule has 0 aromatic heterocycles. The van der Waals surface area contributed by atoms with Gasteiger partial charge in [0.1, 0.15) is 0 Å². The number of amides is 1. The normalized spacial score (nSPS) is 19.6. The Morgan fingerprint density at radius 1 is 1.25 bits per heavy atom. The van der Waals surface area contributed by atoms with Crippen LogP contribution in [0.15, 0.2) is 24.3 Å². The summed E-state index contributed by atoms with van der Waals surface area (Å²) in [4.78, 5) is 16.5. The Balaban J connectivity index is 1.50. The van der Waals surface area contributed by atoms with Crippen molar-refractivity contribution in [3.63, 3.8) is 0 Å². The molecule has 0 radical (unpaired) electrons. The molecule has 3 nitrogen and oxygen atoms in total. The van der Waals surface area contributed by atoms with E-state index in [1.165, 1.54) is 11.1 Å². The van der Waals surface area contributed by atoms with Gasteiger partial charge in [-0.25, -0.2) is 0 Å². The number of likely N-dealkylation sites (tertiary alicyclic amines) is 1. The number of unbranched alkanes of at least 4 members (excludes halogenated alkanes) is 1. The summed E-state index contributed by atoms with van der Waals surface area (Å²) in [7, 11) is 0. The van der Waals surface area contributed by atoms with Crippen LogP contribution in [0.3, 0.4) is 0 Å². The number of nitrogens with zero attached hydrogens (tertiary/aromatic N) is 2. The minimum atomic E-state index is 0.348. The second kappa shape index (κ2) is 5.96. The summed E-state index contributed by atoms with van der Waals surface area (Å²) < 4.78 is 0. The standard InChI is InChI=1S/C17H24N2O/c1-2-3-8-17(20)19-12-16(13-19)18-10-9-14-6-4-5-7-15(14)11-18/h4-7,16H,2-3,8-13H2,1H3. The van der Waals surface area contributed by atoms with E-state index in [0.717, 1.165) is 51.9 Å². The topological polar surface area (TPSA) is 23.6 Å². The molecule has 0 spiro atoms. The summed E-state index contributed by atoms with van der Waals surface area (Å²) in [6.45, 7) is 6.20. The van der Waals surface area contributed by atoms with Crippen molar-refractivity contribution in [1.82, 2.24) is 9.80 Å². The molecule has 20 heavy (non-hydrogen) atoms. The monoisotopic (exact) mass is 272 g/mol. The highest BCUT2D eigenvalue weighted by Gasteiger charge is 2.35. The number of fused-ring (bicyclic) bond motifs is 1. The highest BCUT2D eigenvalue weighted by Crippen LogP contribution is 2.24. The van der Waals surface area contributed by atoms with E-state index in [1.807, 2.05) is 4.90 Å². The third-order valence-corrected chi connectivity index (χ3v) is 4.64. The van der Waals surface area contributed by atoms with Gasteiger partial charge in [-0.2, -0.15) is 0 Å². The number of benzene rings is 1. The van der Waals surface area contributed by atoms with Crippen molar-refractivity contribution in [2.75, 3.05) is 19.6 Å². The maximum absolute atomic E-state index is 11.9. The lowest BCUT2D eigenvalue weighted by Crippen LogP contribution is -2.61. The molecule has 1 saturated heterocycles. The first kappa shape index (κ1) is 13.6. The minimum absolute atomic E-state index is 0.348. The number of carbonyl (C=O) groups is 1. The molecule has 2 aliphatic rings. The molecule has 3 heteroatoms. The molecule has 108 valence electrons. The van der Waals surface area contributed by atoms with Gasteiger partial charge in [-0.1, -0.05) is 37.6 Å². The highest BCUT2D eigenvalue weighted by atomic mass is 16.2. The molecular formula is C17H24N2O. The van der Waals surface area contributed by atoms with Gasteiger partial charge in [0.15, 0.2) is 0 Å². The SMILES string of the molecule is CCCCC(=O)N1CC(N2CCc3ccccc3C2)C1. The van der Waals surface area contributed by atoms with E-state index < -0.39 is 0 Å². The molecule has 2 aliphatic heterocycles. The van der Waals surface area contributed by atoms with E-state index in [4.69, 9.17) is 0 Å². The van der Waals surface area contributed by atoms with Gasteiger partial charge < -0.3 is 4.90 Å². The van der Waals surface area contributed by atoms with Crippen LogP contribution in [0.2, 0.25) is 0 Å². The molecule has 3 rings (SSSR count). The lowest BCUT2D eigenvalue weighted by atomic mass is 9.96. The molecule has 0 aliphatic carbocycles. The van der Waals surface area contributed by atoms with Crippen LogP contribution in [-0.2, 0) is 17.8 Å². The average Bonchev–Trinajstić information content (AvgIpc) is 2.43. The number of hydrogen-bond acceptors (Lipinski definition) is 2. The smallest absolute Gasteiger partial charge is 0.222 e. The van der Waals surface area contributed by atoms with E-state index >= 15 is 0 Å². The van der Waals surface area contributed by atoms with E-state index in [2.05, 4.69) is 36.1 Å². The summed E-state index contributed by atoms with van der Waals surface area (Å²) in [6, 6.07) is 9.32. The molecule has 1 aromatic rings. The lowest BCUT2D eigenvalue weighted by molar-refractivity contribution is -0.139. The quantitative estimate of drug-likeness (QED) is 0.840. The van der Waals surface area contributed by atoms with Gasteiger partial charge in [0.25, 0.3) is 0 Å². The van der Waals surface area contributed by atoms with Crippen LogP contribution < -0.4 is 0 Å². The Labute approximate surface area is 121 Å². The average molecular weight is 272 g/mol. The summed E-state index contributed by atoms with van der Waals surface area (Å²) >= 11 is 0. The van der Waals surface area contributed by atoms with Crippen molar-refractivity contribution < 1.29 is 4.79 Å². The highest BCUT2D eigenvalue weighted by molar-refractivity contribution is 5.77. The number of rotatable bonds is 4. The van der Waals surface area contributed by atoms with Crippen LogP contribution in [0.1, 0.15) is 37.3 Å². The van der Waals surface area contributed by atoms with E-state index in [0.29, 0.717) is 11.9 Å². The van der Waals surface area contributed by atoms with Gasteiger partial charge in [-0.3, -0.25) is 9.69 Å². The molecule has 1 aromatic carbocycles. The van der Waals surface area contributed by atoms with Crippen LogP contribution in [0, 0.1) is 0 Å². The summed E-state index contributed by atoms with van der Waals surface area (Å²) in [6.07, 6.45) is 4.01. The van der Waals surface area contributed by atoms with Crippen molar-refractivity contribution >= 4 is 5.91 Å². The minimum Gasteiger partial charge on any atom is -0.339 e. The second-order valence-corrected chi connectivity index (χ2v) is 6.05. The van der Waals surface area contributed by atoms with Gasteiger partial charge in [-0.05, 0) is 24.0 Å². The van der Waals surface area contributed by atoms with Gasteiger partial charge >= 0.3 is 0 Å². The van der Waals surface area contributed by atoms with Crippen molar-refractivity contribution in [3.8, 4) is 0 Å². The first-order valence-electron chi connectivity index (χ1n) is 7.86. The van der Waals surface area contributed by atoms with Crippen LogP contribution >= 0.6 is 0 Å². The van der Waals surface area contributed by atoms with Crippen molar-refractivity contribution in [2.24, 2.45) is 0 Å². The zero-order valence-corrected chi connectivity index (χ0v) is 12.3. The fourth-order valence-electron chi connectivity index (χ4n) is 3.21. The Kier molecular flexibility index (Phi) is 4.06. The molecule has 0 N–H and O–H groups in total. The van der Waals surface area contributed by atoms with Crippen molar-refractivity contribution in [3.05, 3.63) is 35.4 Å². The molecule has 1 amide bonds. The molecule has 0 atom stereocenters. The van der Waals surface area contributed by atoms with Crippen LogP contribution in [0.4, 0.5) is 0 Å². The third-order valence-electron chi connectivity index (χ3n) is 4.64. The zero-order valence-electron chi connectivity index (χ0n) is 12.3. The Morgan fingerprint density at radius 2 is 2.00 bits per heavy atom. The van der Waals surface area contributed by atoms with Gasteiger partial charge in [0.2, 0.25) is 5.91 Å². The van der Waals surface area contributed by atoms with Crippen molar-refractivity contribution in [1.29, 1.82) is 0 Å². The molecular weight excluding hydrogens is 248 g/mol. The largest absolute Gasteiger partial charge is 0.339 e. The number of hydrogen-bond donors (Lipinski definition) is 0. The first-order chi connectivity index (χ1) is 9.78. The maximum atomic E-state index is 11.9. The van der Waals surface area contributed by atoms with Gasteiger partial charge in [0, 0.05) is 38.6 Å². The van der Waals surface area contributed by atoms with Gasteiger partial charge in [-0.15, -0.1) is 0 Å². The van der Waals surface area contributed by atoms with Crippen molar-refractivity contribution in [2.45, 2.75) is 45.2 Å². The van der Waals surface area contributed by atoms with E-state index in [9.17, 15) is 4.79 Å². The second-order valence-electron chi connectivity index (χ2n) is 6.05. The zero-order chi connectivity index (χ0) is 13.9. The van der Waals surface area contributed by atoms with Gasteiger partial charge in [0.05, 0.1) is 0 Å². The predicted molar refractivity (Wildman–Crippen MR) is 80.4 cm³/mol. The van der Waals surface area contributed by atoms with E-state index in [-0.39, 0.29) is 0 Å². The Morgan fingerprint density at radius 3 is 2.75 bits per heavy atom. The summed E-state index contributed by atoms with van der Waals surface area (Å²) in [5.41, 5.74) is 2.97. The maximum Gasteiger partial charge on any atom is 0.222 e. The summed E-state index contributed by atoms with van der Waals surface area (Å²) in [5, 5.41) is 0. The fourth-order valence-corrected chi connectivity index (χ4v) is 3.21. The fraction of sp³-hybridized carbons (Fsp3) is 0.588. The van der Waals surface area contributed by atoms with Crippen LogP contribution in [-0.4, -0.2) is 41.4 Å².